The van der Waals surface area contributed by atoms with Crippen molar-refractivity contribution >= 4 is 0 Å². The SMILES string of the molecule is Cc1ccc(C(O)C2=CCCO2)cc1F. The first-order valence-corrected chi connectivity index (χ1v) is 4.95. The standard InChI is InChI=1S/C12H13FO2/c1-8-4-5-9(7-10(8)13)12(14)11-3-2-6-15-11/h3-5,7,12,14H,2,6H2,1H3. The summed E-state index contributed by atoms with van der Waals surface area (Å²) in [5.41, 5.74) is 1.11. The van der Waals surface area contributed by atoms with Gasteiger partial charge in [0.25, 0.3) is 0 Å². The third kappa shape index (κ3) is 2.02. The van der Waals surface area contributed by atoms with Crippen molar-refractivity contribution in [2.45, 2.75) is 19.4 Å². The van der Waals surface area contributed by atoms with E-state index in [1.807, 2.05) is 6.08 Å². The molecule has 0 amide bonds. The number of aliphatic hydroxyl groups excluding tert-OH is 1. The van der Waals surface area contributed by atoms with Crippen molar-refractivity contribution in [3.05, 3.63) is 47.0 Å². The number of hydrogen-bond donors (Lipinski definition) is 1. The number of halogens is 1. The Labute approximate surface area is 88.0 Å². The van der Waals surface area contributed by atoms with Crippen molar-refractivity contribution in [2.24, 2.45) is 0 Å². The van der Waals surface area contributed by atoms with Crippen LogP contribution in [-0.2, 0) is 4.74 Å². The van der Waals surface area contributed by atoms with Crippen LogP contribution in [0.1, 0.15) is 23.7 Å². The number of benzene rings is 1. The number of hydrogen-bond acceptors (Lipinski definition) is 2. The topological polar surface area (TPSA) is 29.5 Å². The highest BCUT2D eigenvalue weighted by Gasteiger charge is 2.18. The van der Waals surface area contributed by atoms with E-state index in [1.165, 1.54) is 6.07 Å². The third-order valence-electron chi connectivity index (χ3n) is 2.51. The average Bonchev–Trinajstić information content (AvgIpc) is 2.74. The van der Waals surface area contributed by atoms with Gasteiger partial charge < -0.3 is 9.84 Å². The van der Waals surface area contributed by atoms with E-state index in [-0.39, 0.29) is 5.82 Å². The molecule has 1 atom stereocenters. The fourth-order valence-corrected chi connectivity index (χ4v) is 1.57. The van der Waals surface area contributed by atoms with Crippen LogP contribution in [0.3, 0.4) is 0 Å². The monoisotopic (exact) mass is 208 g/mol. The normalized spacial score (nSPS) is 17.1. The lowest BCUT2D eigenvalue weighted by Gasteiger charge is -2.12. The Morgan fingerprint density at radius 3 is 2.87 bits per heavy atom. The summed E-state index contributed by atoms with van der Waals surface area (Å²) in [6.07, 6.45) is 1.80. The van der Waals surface area contributed by atoms with E-state index < -0.39 is 6.10 Å². The second kappa shape index (κ2) is 4.03. The minimum absolute atomic E-state index is 0.301. The summed E-state index contributed by atoms with van der Waals surface area (Å²) >= 11 is 0. The highest BCUT2D eigenvalue weighted by Crippen LogP contribution is 2.27. The van der Waals surface area contributed by atoms with Crippen molar-refractivity contribution in [2.75, 3.05) is 6.61 Å². The molecule has 0 radical (unpaired) electrons. The zero-order valence-corrected chi connectivity index (χ0v) is 8.53. The van der Waals surface area contributed by atoms with Gasteiger partial charge in [-0.15, -0.1) is 0 Å². The van der Waals surface area contributed by atoms with E-state index >= 15 is 0 Å². The minimum Gasteiger partial charge on any atom is -0.495 e. The molecule has 0 aromatic heterocycles. The predicted octanol–water partition coefficient (Wildman–Crippen LogP) is 2.47. The molecular formula is C12H13FO2. The van der Waals surface area contributed by atoms with Crippen molar-refractivity contribution in [1.29, 1.82) is 0 Å². The van der Waals surface area contributed by atoms with Gasteiger partial charge >= 0.3 is 0 Å². The maximum atomic E-state index is 13.3. The average molecular weight is 208 g/mol. The van der Waals surface area contributed by atoms with Gasteiger partial charge in [0.1, 0.15) is 17.7 Å². The first kappa shape index (κ1) is 10.2. The molecule has 0 spiro atoms. The molecule has 1 aromatic rings. The molecule has 2 rings (SSSR count). The van der Waals surface area contributed by atoms with Crippen LogP contribution in [0.5, 0.6) is 0 Å². The second-order valence-electron chi connectivity index (χ2n) is 3.65. The molecule has 1 N–H and O–H groups in total. The molecule has 1 aromatic carbocycles. The molecule has 0 aliphatic carbocycles. The number of aliphatic hydroxyl groups is 1. The highest BCUT2D eigenvalue weighted by molar-refractivity contribution is 5.29. The van der Waals surface area contributed by atoms with Crippen LogP contribution in [0, 0.1) is 12.7 Å². The molecule has 3 heteroatoms. The van der Waals surface area contributed by atoms with E-state index in [0.29, 0.717) is 23.5 Å². The van der Waals surface area contributed by atoms with Crippen LogP contribution in [0.15, 0.2) is 30.0 Å². The van der Waals surface area contributed by atoms with E-state index in [0.717, 1.165) is 6.42 Å². The van der Waals surface area contributed by atoms with Crippen molar-refractivity contribution in [3.63, 3.8) is 0 Å². The molecule has 0 bridgehead atoms. The van der Waals surface area contributed by atoms with E-state index in [4.69, 9.17) is 4.74 Å². The second-order valence-corrected chi connectivity index (χ2v) is 3.65. The van der Waals surface area contributed by atoms with Crippen molar-refractivity contribution in [3.8, 4) is 0 Å². The molecule has 2 nitrogen and oxygen atoms in total. The Kier molecular flexibility index (Phi) is 2.73. The molecule has 0 saturated carbocycles. The fraction of sp³-hybridized carbons (Fsp3) is 0.333. The molecule has 0 saturated heterocycles. The van der Waals surface area contributed by atoms with Gasteiger partial charge in [0.2, 0.25) is 0 Å². The number of rotatable bonds is 2. The minimum atomic E-state index is -0.845. The van der Waals surface area contributed by atoms with Crippen molar-refractivity contribution < 1.29 is 14.2 Å². The molecule has 0 fully saturated rings. The lowest BCUT2D eigenvalue weighted by atomic mass is 10.1. The molecule has 15 heavy (non-hydrogen) atoms. The highest BCUT2D eigenvalue weighted by atomic mass is 19.1. The summed E-state index contributed by atoms with van der Waals surface area (Å²) < 4.78 is 18.5. The Bertz CT molecular complexity index is 399. The van der Waals surface area contributed by atoms with Gasteiger partial charge in [-0.1, -0.05) is 12.1 Å². The zero-order chi connectivity index (χ0) is 10.8. The van der Waals surface area contributed by atoms with Gasteiger partial charge in [0.15, 0.2) is 0 Å². The van der Waals surface area contributed by atoms with Crippen LogP contribution < -0.4 is 0 Å². The van der Waals surface area contributed by atoms with E-state index in [2.05, 4.69) is 0 Å². The van der Waals surface area contributed by atoms with E-state index in [9.17, 15) is 9.50 Å². The Morgan fingerprint density at radius 2 is 2.27 bits per heavy atom. The van der Waals surface area contributed by atoms with Gasteiger partial charge in [-0.2, -0.15) is 0 Å². The van der Waals surface area contributed by atoms with Gasteiger partial charge in [0.05, 0.1) is 6.61 Å². The molecule has 1 unspecified atom stereocenters. The molecule has 1 heterocycles. The Balaban J connectivity index is 2.25. The van der Waals surface area contributed by atoms with Gasteiger partial charge in [-0.05, 0) is 30.2 Å². The van der Waals surface area contributed by atoms with Crippen LogP contribution >= 0.6 is 0 Å². The van der Waals surface area contributed by atoms with Gasteiger partial charge in [-0.25, -0.2) is 4.39 Å². The first-order chi connectivity index (χ1) is 7.18. The van der Waals surface area contributed by atoms with E-state index in [1.54, 1.807) is 19.1 Å². The summed E-state index contributed by atoms with van der Waals surface area (Å²) in [4.78, 5) is 0. The molecule has 80 valence electrons. The Hall–Kier alpha value is -1.35. The lowest BCUT2D eigenvalue weighted by Crippen LogP contribution is -2.03. The summed E-state index contributed by atoms with van der Waals surface area (Å²) in [7, 11) is 0. The van der Waals surface area contributed by atoms with Crippen LogP contribution in [-0.4, -0.2) is 11.7 Å². The lowest BCUT2D eigenvalue weighted by molar-refractivity contribution is 0.118. The number of ether oxygens (including phenoxy) is 1. The fourth-order valence-electron chi connectivity index (χ4n) is 1.57. The molecule has 1 aliphatic rings. The maximum absolute atomic E-state index is 13.3. The first-order valence-electron chi connectivity index (χ1n) is 4.95. The van der Waals surface area contributed by atoms with Gasteiger partial charge in [0, 0.05) is 6.42 Å². The molecule has 1 aliphatic heterocycles. The maximum Gasteiger partial charge on any atom is 0.136 e. The number of aryl methyl sites for hydroxylation is 1. The van der Waals surface area contributed by atoms with Crippen molar-refractivity contribution in [1.82, 2.24) is 0 Å². The summed E-state index contributed by atoms with van der Waals surface area (Å²) in [5, 5.41) is 9.88. The third-order valence-corrected chi connectivity index (χ3v) is 2.51. The molecular weight excluding hydrogens is 195 g/mol. The largest absolute Gasteiger partial charge is 0.495 e. The van der Waals surface area contributed by atoms with Crippen LogP contribution in [0.25, 0.3) is 0 Å². The predicted molar refractivity (Wildman–Crippen MR) is 54.7 cm³/mol. The Morgan fingerprint density at radius 1 is 1.47 bits per heavy atom. The summed E-state index contributed by atoms with van der Waals surface area (Å²) in [6, 6.07) is 4.72. The smallest absolute Gasteiger partial charge is 0.136 e. The quantitative estimate of drug-likeness (QED) is 0.809. The summed E-state index contributed by atoms with van der Waals surface area (Å²) in [6.45, 7) is 2.29. The van der Waals surface area contributed by atoms with Crippen LogP contribution in [0.2, 0.25) is 0 Å². The zero-order valence-electron chi connectivity index (χ0n) is 8.53. The van der Waals surface area contributed by atoms with Gasteiger partial charge in [-0.3, -0.25) is 0 Å². The summed E-state index contributed by atoms with van der Waals surface area (Å²) in [5.74, 6) is 0.225. The van der Waals surface area contributed by atoms with Crippen LogP contribution in [0.4, 0.5) is 4.39 Å².